The lowest BCUT2D eigenvalue weighted by Gasteiger charge is -2.11. The summed E-state index contributed by atoms with van der Waals surface area (Å²) in [6.07, 6.45) is 5.07. The molecule has 0 radical (unpaired) electrons. The second-order valence-corrected chi connectivity index (χ2v) is 5.37. The molecule has 0 aliphatic carbocycles. The first-order valence-corrected chi connectivity index (χ1v) is 7.07. The van der Waals surface area contributed by atoms with E-state index < -0.39 is 6.10 Å². The van der Waals surface area contributed by atoms with Crippen molar-refractivity contribution in [3.63, 3.8) is 0 Å². The van der Waals surface area contributed by atoms with E-state index in [4.69, 9.17) is 0 Å². The molecule has 108 valence electrons. The van der Waals surface area contributed by atoms with Crippen LogP contribution in [-0.4, -0.2) is 24.9 Å². The van der Waals surface area contributed by atoms with Gasteiger partial charge in [0, 0.05) is 36.6 Å². The molecule has 5 heteroatoms. The highest BCUT2D eigenvalue weighted by Crippen LogP contribution is 2.23. The summed E-state index contributed by atoms with van der Waals surface area (Å²) in [5, 5.41) is 15.0. The summed E-state index contributed by atoms with van der Waals surface area (Å²) in [4.78, 5) is 8.59. The Kier molecular flexibility index (Phi) is 3.66. The van der Waals surface area contributed by atoms with Crippen molar-refractivity contribution in [2.75, 3.05) is 0 Å². The van der Waals surface area contributed by atoms with Gasteiger partial charge in [0.25, 0.3) is 0 Å². The van der Waals surface area contributed by atoms with Gasteiger partial charge in [-0.1, -0.05) is 12.1 Å². The second-order valence-electron chi connectivity index (χ2n) is 5.37. The van der Waals surface area contributed by atoms with Gasteiger partial charge in [-0.25, -0.2) is 0 Å². The summed E-state index contributed by atoms with van der Waals surface area (Å²) in [6.45, 7) is 4.15. The summed E-state index contributed by atoms with van der Waals surface area (Å²) < 4.78 is 1.89. The van der Waals surface area contributed by atoms with Crippen LogP contribution in [-0.2, 0) is 6.42 Å². The maximum atomic E-state index is 10.5. The third kappa shape index (κ3) is 2.78. The van der Waals surface area contributed by atoms with Gasteiger partial charge in [0.15, 0.2) is 0 Å². The molecule has 5 nitrogen and oxygen atoms in total. The van der Waals surface area contributed by atoms with Crippen molar-refractivity contribution < 1.29 is 5.11 Å². The number of rotatable bonds is 4. The van der Waals surface area contributed by atoms with Crippen LogP contribution in [0.1, 0.15) is 37.3 Å². The normalized spacial score (nSPS) is 13.0. The summed E-state index contributed by atoms with van der Waals surface area (Å²) in [5.74, 6) is 0. The van der Waals surface area contributed by atoms with Crippen molar-refractivity contribution >= 4 is 11.0 Å². The van der Waals surface area contributed by atoms with E-state index in [1.54, 1.807) is 12.4 Å². The number of aliphatic hydroxyl groups excluding tert-OH is 1. The molecule has 1 unspecified atom stereocenters. The molecule has 1 N–H and O–H groups in total. The zero-order valence-electron chi connectivity index (χ0n) is 12.1. The number of fused-ring (bicyclic) bond motifs is 1. The lowest BCUT2D eigenvalue weighted by molar-refractivity contribution is 0.178. The number of aliphatic hydroxyl groups is 1. The van der Waals surface area contributed by atoms with Crippen molar-refractivity contribution in [2.24, 2.45) is 0 Å². The molecule has 2 aromatic heterocycles. The van der Waals surface area contributed by atoms with Gasteiger partial charge in [-0.2, -0.15) is 5.10 Å². The quantitative estimate of drug-likeness (QED) is 0.799. The van der Waals surface area contributed by atoms with E-state index in [0.29, 0.717) is 12.5 Å². The summed E-state index contributed by atoms with van der Waals surface area (Å²) in [7, 11) is 0. The molecule has 0 saturated heterocycles. The molecule has 0 fully saturated rings. The first kappa shape index (κ1) is 13.7. The number of nitrogens with zero attached hydrogens (tertiary/aromatic N) is 4. The van der Waals surface area contributed by atoms with Crippen LogP contribution in [0.15, 0.2) is 42.9 Å². The van der Waals surface area contributed by atoms with E-state index in [-0.39, 0.29) is 0 Å². The predicted octanol–water partition coefficient (Wildman–Crippen LogP) is 2.68. The summed E-state index contributed by atoms with van der Waals surface area (Å²) in [5.41, 5.74) is 3.20. The van der Waals surface area contributed by atoms with E-state index in [1.807, 2.05) is 35.1 Å². The predicted molar refractivity (Wildman–Crippen MR) is 80.8 cm³/mol. The second kappa shape index (κ2) is 5.61. The molecule has 0 aliphatic rings. The van der Waals surface area contributed by atoms with Gasteiger partial charge >= 0.3 is 0 Å². The van der Waals surface area contributed by atoms with Crippen LogP contribution in [0.2, 0.25) is 0 Å². The minimum atomic E-state index is -0.638. The number of para-hydroxylation sites is 1. The lowest BCUT2D eigenvalue weighted by Crippen LogP contribution is -2.06. The fourth-order valence-corrected chi connectivity index (χ4v) is 2.37. The Bertz CT molecular complexity index is 745. The van der Waals surface area contributed by atoms with E-state index in [0.717, 1.165) is 22.3 Å². The van der Waals surface area contributed by atoms with E-state index >= 15 is 0 Å². The molecule has 3 aromatic rings. The van der Waals surface area contributed by atoms with Gasteiger partial charge in [0.1, 0.15) is 0 Å². The molecule has 1 aromatic carbocycles. The van der Waals surface area contributed by atoms with Crippen molar-refractivity contribution in [1.29, 1.82) is 0 Å². The van der Waals surface area contributed by atoms with Crippen LogP contribution in [0.4, 0.5) is 0 Å². The third-order valence-electron chi connectivity index (χ3n) is 3.48. The molecule has 0 amide bonds. The topological polar surface area (TPSA) is 63.8 Å². The van der Waals surface area contributed by atoms with Gasteiger partial charge in [0.2, 0.25) is 0 Å². The highest BCUT2D eigenvalue weighted by Gasteiger charge is 2.15. The van der Waals surface area contributed by atoms with Crippen LogP contribution in [0, 0.1) is 0 Å². The van der Waals surface area contributed by atoms with Crippen LogP contribution in [0.5, 0.6) is 0 Å². The Labute approximate surface area is 123 Å². The Morgan fingerprint density at radius 2 is 1.95 bits per heavy atom. The highest BCUT2D eigenvalue weighted by molar-refractivity contribution is 5.77. The Hall–Kier alpha value is -2.27. The number of benzene rings is 1. The summed E-state index contributed by atoms with van der Waals surface area (Å²) in [6, 6.07) is 7.94. The van der Waals surface area contributed by atoms with E-state index in [1.165, 1.54) is 0 Å². The number of hydrogen-bond acceptors (Lipinski definition) is 4. The first-order valence-electron chi connectivity index (χ1n) is 7.07. The Morgan fingerprint density at radius 1 is 1.14 bits per heavy atom. The number of hydrogen-bond donors (Lipinski definition) is 1. The average molecular weight is 282 g/mol. The Balaban J connectivity index is 1.88. The van der Waals surface area contributed by atoms with Crippen LogP contribution < -0.4 is 0 Å². The average Bonchev–Trinajstić information content (AvgIpc) is 2.95. The molecular formula is C16H18N4O. The SMILES string of the molecule is CC(C)n1ccc(CC(O)c2cccc3nccnc23)n1. The lowest BCUT2D eigenvalue weighted by atomic mass is 10.0. The Morgan fingerprint density at radius 3 is 2.71 bits per heavy atom. The molecule has 21 heavy (non-hydrogen) atoms. The van der Waals surface area contributed by atoms with Gasteiger partial charge in [0.05, 0.1) is 22.8 Å². The fourth-order valence-electron chi connectivity index (χ4n) is 2.37. The highest BCUT2D eigenvalue weighted by atomic mass is 16.3. The zero-order chi connectivity index (χ0) is 14.8. The molecule has 2 heterocycles. The minimum absolute atomic E-state index is 0.319. The van der Waals surface area contributed by atoms with E-state index in [2.05, 4.69) is 28.9 Å². The molecule has 0 saturated carbocycles. The maximum Gasteiger partial charge on any atom is 0.0944 e. The largest absolute Gasteiger partial charge is 0.388 e. The zero-order valence-corrected chi connectivity index (χ0v) is 12.1. The molecule has 1 atom stereocenters. The summed E-state index contributed by atoms with van der Waals surface area (Å²) >= 11 is 0. The van der Waals surface area contributed by atoms with Gasteiger partial charge in [-0.15, -0.1) is 0 Å². The first-order chi connectivity index (χ1) is 10.1. The van der Waals surface area contributed by atoms with Crippen LogP contribution in [0.25, 0.3) is 11.0 Å². The van der Waals surface area contributed by atoms with Gasteiger partial charge in [-0.3, -0.25) is 14.6 Å². The van der Waals surface area contributed by atoms with Crippen LogP contribution in [0.3, 0.4) is 0 Å². The molecular weight excluding hydrogens is 264 g/mol. The minimum Gasteiger partial charge on any atom is -0.388 e. The van der Waals surface area contributed by atoms with Gasteiger partial charge < -0.3 is 5.11 Å². The van der Waals surface area contributed by atoms with Crippen molar-refractivity contribution in [3.8, 4) is 0 Å². The smallest absolute Gasteiger partial charge is 0.0944 e. The van der Waals surface area contributed by atoms with E-state index in [9.17, 15) is 5.11 Å². The monoisotopic (exact) mass is 282 g/mol. The van der Waals surface area contributed by atoms with Crippen molar-refractivity contribution in [1.82, 2.24) is 19.7 Å². The van der Waals surface area contributed by atoms with Crippen molar-refractivity contribution in [3.05, 3.63) is 54.1 Å². The molecule has 0 aliphatic heterocycles. The van der Waals surface area contributed by atoms with Crippen molar-refractivity contribution in [2.45, 2.75) is 32.4 Å². The third-order valence-corrected chi connectivity index (χ3v) is 3.48. The molecule has 0 bridgehead atoms. The fraction of sp³-hybridized carbons (Fsp3) is 0.312. The molecule has 0 spiro atoms. The standard InChI is InChI=1S/C16H18N4O/c1-11(2)20-9-6-12(19-20)10-15(21)13-4-3-5-14-16(13)18-8-7-17-14/h3-9,11,15,21H,10H2,1-2H3. The number of aromatic nitrogens is 4. The molecule has 3 rings (SSSR count). The van der Waals surface area contributed by atoms with Crippen LogP contribution >= 0.6 is 0 Å². The maximum absolute atomic E-state index is 10.5. The van der Waals surface area contributed by atoms with Gasteiger partial charge in [-0.05, 0) is 26.0 Å².